The first-order valence-electron chi connectivity index (χ1n) is 10.2. The van der Waals surface area contributed by atoms with Gasteiger partial charge < -0.3 is 10.2 Å². The summed E-state index contributed by atoms with van der Waals surface area (Å²) in [5.41, 5.74) is 6.95. The first kappa shape index (κ1) is 24.4. The Balaban J connectivity index is 1.83. The van der Waals surface area contributed by atoms with Gasteiger partial charge in [-0.15, -0.1) is 11.3 Å². The highest BCUT2D eigenvalue weighted by atomic mass is 35.5. The van der Waals surface area contributed by atoms with Crippen LogP contribution in [0.5, 0.6) is 0 Å². The van der Waals surface area contributed by atoms with E-state index in [-0.39, 0.29) is 35.8 Å². The Kier molecular flexibility index (Phi) is 7.50. The second-order valence-corrected chi connectivity index (χ2v) is 10.1. The van der Waals surface area contributed by atoms with Gasteiger partial charge in [-0.2, -0.15) is 4.99 Å². The molecule has 0 saturated carbocycles. The third kappa shape index (κ3) is 6.87. The van der Waals surface area contributed by atoms with E-state index in [1.54, 1.807) is 30.3 Å². The van der Waals surface area contributed by atoms with Crippen LogP contribution in [0.3, 0.4) is 0 Å². The molecule has 172 valence electrons. The van der Waals surface area contributed by atoms with Gasteiger partial charge in [-0.05, 0) is 46.9 Å². The number of aliphatic imine (C=N–C) groups is 1. The van der Waals surface area contributed by atoms with Crippen LogP contribution >= 0.6 is 22.9 Å². The van der Waals surface area contributed by atoms with Crippen LogP contribution in [0.1, 0.15) is 48.2 Å². The van der Waals surface area contributed by atoms with E-state index in [0.717, 1.165) is 10.4 Å². The standard InChI is InChI=1S/C24H24ClN3O4S/c1-24(2,3)13-20(30)28-23(26)27-19(29)12-15-11-18(21(31)17-5-4-10-32-17)33-22(15)14-6-8-16(25)9-7-14/h4-11H,12-13H2,1-3H3,(H3,26,27,28,29,30). The number of furan rings is 1. The van der Waals surface area contributed by atoms with E-state index in [2.05, 4.69) is 10.3 Å². The third-order valence-corrected chi connectivity index (χ3v) is 5.91. The molecule has 3 rings (SSSR count). The number of carbonyl (C=O) groups is 3. The van der Waals surface area contributed by atoms with Crippen molar-refractivity contribution in [2.75, 3.05) is 0 Å². The normalized spacial score (nSPS) is 11.9. The van der Waals surface area contributed by atoms with Gasteiger partial charge in [0.15, 0.2) is 5.76 Å². The summed E-state index contributed by atoms with van der Waals surface area (Å²) in [4.78, 5) is 42.3. The Morgan fingerprint density at radius 1 is 1.15 bits per heavy atom. The average molecular weight is 486 g/mol. The van der Waals surface area contributed by atoms with Gasteiger partial charge in [0.05, 0.1) is 17.6 Å². The lowest BCUT2D eigenvalue weighted by Gasteiger charge is -2.14. The molecule has 0 aliphatic heterocycles. The molecule has 33 heavy (non-hydrogen) atoms. The molecule has 0 aliphatic carbocycles. The molecule has 2 aromatic heterocycles. The molecule has 3 aromatic rings. The van der Waals surface area contributed by atoms with E-state index in [1.165, 1.54) is 17.6 Å². The topological polar surface area (TPSA) is 115 Å². The molecule has 0 atom stereocenters. The summed E-state index contributed by atoms with van der Waals surface area (Å²) in [6.07, 6.45) is 1.56. The lowest BCUT2D eigenvalue weighted by Crippen LogP contribution is -2.38. The maximum atomic E-state index is 12.8. The predicted octanol–water partition coefficient (Wildman–Crippen LogP) is 4.83. The Morgan fingerprint density at radius 3 is 2.45 bits per heavy atom. The van der Waals surface area contributed by atoms with Gasteiger partial charge >= 0.3 is 0 Å². The molecular formula is C24H24ClN3O4S. The summed E-state index contributed by atoms with van der Waals surface area (Å²) in [5.74, 6) is -1.19. The average Bonchev–Trinajstić information content (AvgIpc) is 3.36. The molecule has 0 fully saturated rings. The smallest absolute Gasteiger partial charge is 0.249 e. The number of rotatable bonds is 6. The summed E-state index contributed by atoms with van der Waals surface area (Å²) in [6.45, 7) is 5.73. The second-order valence-electron chi connectivity index (χ2n) is 8.63. The number of nitrogens with one attached hydrogen (secondary N) is 1. The van der Waals surface area contributed by atoms with Gasteiger partial charge in [-0.1, -0.05) is 44.5 Å². The van der Waals surface area contributed by atoms with Crippen LogP contribution < -0.4 is 11.1 Å². The van der Waals surface area contributed by atoms with Crippen molar-refractivity contribution in [2.45, 2.75) is 33.6 Å². The Hall–Kier alpha value is -3.23. The molecule has 0 radical (unpaired) electrons. The second kappa shape index (κ2) is 10.1. The first-order chi connectivity index (χ1) is 15.5. The maximum Gasteiger partial charge on any atom is 0.249 e. The molecule has 0 saturated heterocycles. The molecule has 2 heterocycles. The number of benzene rings is 1. The Labute approximate surface area is 200 Å². The van der Waals surface area contributed by atoms with Crippen molar-refractivity contribution >= 4 is 46.5 Å². The first-order valence-corrected chi connectivity index (χ1v) is 11.3. The number of halogens is 1. The van der Waals surface area contributed by atoms with Crippen molar-refractivity contribution in [3.63, 3.8) is 0 Å². The number of hydrogen-bond acceptors (Lipinski definition) is 5. The minimum Gasteiger partial charge on any atom is -0.461 e. The van der Waals surface area contributed by atoms with E-state index in [0.29, 0.717) is 15.5 Å². The van der Waals surface area contributed by atoms with Gasteiger partial charge in [0.2, 0.25) is 23.6 Å². The van der Waals surface area contributed by atoms with E-state index < -0.39 is 11.8 Å². The molecule has 0 spiro atoms. The SMILES string of the molecule is CC(C)(C)CC(=O)N=C(N)NC(=O)Cc1cc(C(=O)c2ccco2)sc1-c1ccc(Cl)cc1. The van der Waals surface area contributed by atoms with Crippen LogP contribution in [0, 0.1) is 5.41 Å². The molecule has 7 nitrogen and oxygen atoms in total. The number of amides is 2. The Bertz CT molecular complexity index is 1190. The molecule has 0 aliphatic rings. The lowest BCUT2D eigenvalue weighted by molar-refractivity contribution is -0.119. The van der Waals surface area contributed by atoms with Gasteiger partial charge in [0.1, 0.15) is 0 Å². The van der Waals surface area contributed by atoms with Crippen LogP contribution in [0.25, 0.3) is 10.4 Å². The highest BCUT2D eigenvalue weighted by Crippen LogP contribution is 2.35. The van der Waals surface area contributed by atoms with Gasteiger partial charge in [-0.25, -0.2) is 0 Å². The van der Waals surface area contributed by atoms with Gasteiger partial charge in [0, 0.05) is 16.3 Å². The number of nitrogens with zero attached hydrogens (tertiary/aromatic N) is 1. The number of guanidine groups is 1. The van der Waals surface area contributed by atoms with Crippen molar-refractivity contribution in [1.82, 2.24) is 5.32 Å². The van der Waals surface area contributed by atoms with Crippen LogP contribution in [0.4, 0.5) is 0 Å². The minimum absolute atomic E-state index is 0.0659. The quantitative estimate of drug-likeness (QED) is 0.295. The van der Waals surface area contributed by atoms with Crippen molar-refractivity contribution in [3.8, 4) is 10.4 Å². The summed E-state index contributed by atoms with van der Waals surface area (Å²) in [6, 6.07) is 12.0. The van der Waals surface area contributed by atoms with Gasteiger partial charge in [-0.3, -0.25) is 19.7 Å². The van der Waals surface area contributed by atoms with Gasteiger partial charge in [0.25, 0.3) is 0 Å². The van der Waals surface area contributed by atoms with Crippen molar-refractivity contribution in [3.05, 3.63) is 70.0 Å². The fourth-order valence-corrected chi connectivity index (χ4v) is 4.32. The zero-order valence-corrected chi connectivity index (χ0v) is 20.0. The predicted molar refractivity (Wildman–Crippen MR) is 129 cm³/mol. The Morgan fingerprint density at radius 2 is 1.85 bits per heavy atom. The number of carbonyl (C=O) groups excluding carboxylic acids is 3. The summed E-state index contributed by atoms with van der Waals surface area (Å²) >= 11 is 7.26. The number of nitrogens with two attached hydrogens (primary N) is 1. The number of ketones is 1. The molecule has 0 bridgehead atoms. The van der Waals surface area contributed by atoms with Crippen LogP contribution in [0.2, 0.25) is 5.02 Å². The fraction of sp³-hybridized carbons (Fsp3) is 0.250. The molecule has 2 amide bonds. The highest BCUT2D eigenvalue weighted by molar-refractivity contribution is 7.17. The molecule has 0 unspecified atom stereocenters. The summed E-state index contributed by atoms with van der Waals surface area (Å²) < 4.78 is 5.22. The lowest BCUT2D eigenvalue weighted by atomic mass is 9.92. The fourth-order valence-electron chi connectivity index (χ4n) is 3.06. The van der Waals surface area contributed by atoms with E-state index in [4.69, 9.17) is 21.8 Å². The van der Waals surface area contributed by atoms with E-state index in [1.807, 2.05) is 32.9 Å². The van der Waals surface area contributed by atoms with Crippen molar-refractivity contribution in [2.24, 2.45) is 16.1 Å². The monoisotopic (exact) mass is 485 g/mol. The molecule has 1 aromatic carbocycles. The molecule has 9 heteroatoms. The minimum atomic E-state index is -0.454. The molecule has 3 N–H and O–H groups in total. The zero-order valence-electron chi connectivity index (χ0n) is 18.5. The summed E-state index contributed by atoms with van der Waals surface area (Å²) in [7, 11) is 0. The van der Waals surface area contributed by atoms with Crippen molar-refractivity contribution < 1.29 is 18.8 Å². The van der Waals surface area contributed by atoms with Crippen LogP contribution in [-0.2, 0) is 16.0 Å². The largest absolute Gasteiger partial charge is 0.461 e. The maximum absolute atomic E-state index is 12.8. The molecular weight excluding hydrogens is 462 g/mol. The number of hydrogen-bond donors (Lipinski definition) is 2. The van der Waals surface area contributed by atoms with Crippen molar-refractivity contribution in [1.29, 1.82) is 0 Å². The number of thiophene rings is 1. The highest BCUT2D eigenvalue weighted by Gasteiger charge is 2.21. The van der Waals surface area contributed by atoms with E-state index in [9.17, 15) is 14.4 Å². The third-order valence-electron chi connectivity index (χ3n) is 4.43. The van der Waals surface area contributed by atoms with Crippen LogP contribution in [-0.4, -0.2) is 23.6 Å². The van der Waals surface area contributed by atoms with Crippen LogP contribution in [0.15, 0.2) is 58.1 Å². The summed E-state index contributed by atoms with van der Waals surface area (Å²) in [5, 5.41) is 3.02. The van der Waals surface area contributed by atoms with E-state index >= 15 is 0 Å². The zero-order chi connectivity index (χ0) is 24.2.